The number of carbonyl (C=O) groups excluding carboxylic acids is 1. The van der Waals surface area contributed by atoms with E-state index in [1.54, 1.807) is 6.92 Å². The molecule has 0 radical (unpaired) electrons. The van der Waals surface area contributed by atoms with Crippen molar-refractivity contribution in [3.63, 3.8) is 0 Å². The summed E-state index contributed by atoms with van der Waals surface area (Å²) in [5.74, 6) is -0.993. The molecular weight excluding hydrogens is 232 g/mol. The highest BCUT2D eigenvalue weighted by Gasteiger charge is 2.16. The van der Waals surface area contributed by atoms with E-state index in [0.29, 0.717) is 11.6 Å². The minimum atomic E-state index is -1.04. The van der Waals surface area contributed by atoms with Gasteiger partial charge in [0.25, 0.3) is 5.91 Å². The van der Waals surface area contributed by atoms with Crippen LogP contribution in [0.4, 0.5) is 0 Å². The Kier molecular flexibility index (Phi) is 4.42. The number of pyridine rings is 1. The van der Waals surface area contributed by atoms with E-state index in [-0.39, 0.29) is 23.2 Å². The molecule has 0 saturated heterocycles. The molecule has 1 amide bonds. The fraction of sp³-hybridized carbons (Fsp3) is 0.462. The zero-order valence-corrected chi connectivity index (χ0v) is 11.0. The summed E-state index contributed by atoms with van der Waals surface area (Å²) in [6.45, 7) is 7.52. The number of hydrogen-bond acceptors (Lipinski definition) is 3. The average molecular weight is 250 g/mol. The highest BCUT2D eigenvalue weighted by molar-refractivity contribution is 5.94. The molecule has 0 aliphatic heterocycles. The summed E-state index contributed by atoms with van der Waals surface area (Å²) in [7, 11) is 0. The van der Waals surface area contributed by atoms with Crippen LogP contribution in [0.5, 0.6) is 0 Å². The first-order valence-electron chi connectivity index (χ1n) is 5.84. The second kappa shape index (κ2) is 5.62. The van der Waals surface area contributed by atoms with Crippen LogP contribution in [0.3, 0.4) is 0 Å². The van der Waals surface area contributed by atoms with E-state index in [1.807, 2.05) is 20.8 Å². The fourth-order valence-electron chi connectivity index (χ4n) is 1.36. The smallest absolute Gasteiger partial charge is 0.337 e. The van der Waals surface area contributed by atoms with E-state index < -0.39 is 5.97 Å². The lowest BCUT2D eigenvalue weighted by atomic mass is 10.1. The molecule has 2 N–H and O–H groups in total. The first kappa shape index (κ1) is 14.2. The van der Waals surface area contributed by atoms with Gasteiger partial charge in [-0.2, -0.15) is 0 Å². The molecule has 1 aromatic heterocycles. The number of aromatic nitrogens is 1. The minimum absolute atomic E-state index is 0.0405. The van der Waals surface area contributed by atoms with Crippen LogP contribution >= 0.6 is 0 Å². The van der Waals surface area contributed by atoms with Crippen molar-refractivity contribution in [3.8, 4) is 0 Å². The summed E-state index contributed by atoms with van der Waals surface area (Å²) in [5, 5.41) is 11.7. The maximum Gasteiger partial charge on any atom is 0.337 e. The Morgan fingerprint density at radius 2 is 1.89 bits per heavy atom. The molecule has 1 unspecified atom stereocenters. The van der Waals surface area contributed by atoms with Gasteiger partial charge in [-0.15, -0.1) is 0 Å². The molecule has 0 bridgehead atoms. The Morgan fingerprint density at radius 1 is 1.28 bits per heavy atom. The van der Waals surface area contributed by atoms with Crippen molar-refractivity contribution in [2.75, 3.05) is 0 Å². The van der Waals surface area contributed by atoms with Crippen LogP contribution < -0.4 is 5.32 Å². The van der Waals surface area contributed by atoms with Gasteiger partial charge in [0.1, 0.15) is 5.69 Å². The van der Waals surface area contributed by atoms with Crippen LogP contribution in [0.15, 0.2) is 12.1 Å². The van der Waals surface area contributed by atoms with Crippen LogP contribution in [0.1, 0.15) is 47.3 Å². The van der Waals surface area contributed by atoms with Gasteiger partial charge in [0, 0.05) is 6.04 Å². The van der Waals surface area contributed by atoms with Gasteiger partial charge in [0.2, 0.25) is 0 Å². The number of amides is 1. The monoisotopic (exact) mass is 250 g/mol. The Hall–Kier alpha value is -1.91. The van der Waals surface area contributed by atoms with Crippen molar-refractivity contribution in [2.45, 2.75) is 33.7 Å². The summed E-state index contributed by atoms with van der Waals surface area (Å²) >= 11 is 0. The van der Waals surface area contributed by atoms with Gasteiger partial charge in [-0.05, 0) is 31.9 Å². The zero-order valence-electron chi connectivity index (χ0n) is 11.0. The second-order valence-corrected chi connectivity index (χ2v) is 4.64. The Bertz CT molecular complexity index is 469. The van der Waals surface area contributed by atoms with Crippen LogP contribution in [0.2, 0.25) is 0 Å². The molecule has 1 aromatic rings. The number of carbonyl (C=O) groups is 2. The number of nitrogens with one attached hydrogen (secondary N) is 1. The van der Waals surface area contributed by atoms with Crippen LogP contribution in [0, 0.1) is 12.8 Å². The average Bonchev–Trinajstić information content (AvgIpc) is 2.27. The maximum absolute atomic E-state index is 11.9. The Labute approximate surface area is 106 Å². The molecule has 0 aliphatic carbocycles. The lowest BCUT2D eigenvalue weighted by molar-refractivity contribution is 0.0694. The van der Waals surface area contributed by atoms with Gasteiger partial charge in [0.05, 0.1) is 11.3 Å². The quantitative estimate of drug-likeness (QED) is 0.854. The summed E-state index contributed by atoms with van der Waals surface area (Å²) in [6, 6.07) is 2.87. The van der Waals surface area contributed by atoms with Gasteiger partial charge in [-0.25, -0.2) is 9.78 Å². The zero-order chi connectivity index (χ0) is 13.9. The molecule has 98 valence electrons. The fourth-order valence-corrected chi connectivity index (χ4v) is 1.36. The number of aryl methyl sites for hydroxylation is 1. The number of aromatic carboxylic acids is 1. The molecule has 5 heteroatoms. The number of carboxylic acids is 1. The van der Waals surface area contributed by atoms with E-state index in [2.05, 4.69) is 10.3 Å². The topological polar surface area (TPSA) is 79.3 Å². The van der Waals surface area contributed by atoms with E-state index in [1.165, 1.54) is 12.1 Å². The largest absolute Gasteiger partial charge is 0.478 e. The van der Waals surface area contributed by atoms with E-state index >= 15 is 0 Å². The first-order chi connectivity index (χ1) is 8.32. The lowest BCUT2D eigenvalue weighted by Gasteiger charge is -2.17. The summed E-state index contributed by atoms with van der Waals surface area (Å²) in [5.41, 5.74) is 0.695. The molecule has 5 nitrogen and oxygen atoms in total. The summed E-state index contributed by atoms with van der Waals surface area (Å²) in [6.07, 6.45) is 0. The van der Waals surface area contributed by atoms with Crippen molar-refractivity contribution in [2.24, 2.45) is 5.92 Å². The third kappa shape index (κ3) is 3.29. The SMILES string of the molecule is Cc1nc(C(=O)NC(C)C(C)C)ccc1C(=O)O. The van der Waals surface area contributed by atoms with Crippen molar-refractivity contribution in [1.82, 2.24) is 10.3 Å². The molecule has 0 spiro atoms. The van der Waals surface area contributed by atoms with Crippen LogP contribution in [-0.2, 0) is 0 Å². The van der Waals surface area contributed by atoms with Gasteiger partial charge in [0.15, 0.2) is 0 Å². The summed E-state index contributed by atoms with van der Waals surface area (Å²) in [4.78, 5) is 26.7. The highest BCUT2D eigenvalue weighted by Crippen LogP contribution is 2.08. The predicted octanol–water partition coefficient (Wildman–Crippen LogP) is 1.86. The molecule has 1 atom stereocenters. The van der Waals surface area contributed by atoms with E-state index in [4.69, 9.17) is 5.11 Å². The maximum atomic E-state index is 11.9. The molecular formula is C13H18N2O3. The van der Waals surface area contributed by atoms with Gasteiger partial charge in [-0.3, -0.25) is 4.79 Å². The number of nitrogens with zero attached hydrogens (tertiary/aromatic N) is 1. The minimum Gasteiger partial charge on any atom is -0.478 e. The summed E-state index contributed by atoms with van der Waals surface area (Å²) < 4.78 is 0. The number of hydrogen-bond donors (Lipinski definition) is 2. The predicted molar refractivity (Wildman–Crippen MR) is 67.7 cm³/mol. The lowest BCUT2D eigenvalue weighted by Crippen LogP contribution is -2.36. The van der Waals surface area contributed by atoms with Gasteiger partial charge in [-0.1, -0.05) is 13.8 Å². The molecule has 0 aromatic carbocycles. The molecule has 0 saturated carbocycles. The van der Waals surface area contributed by atoms with Crippen molar-refractivity contribution in [3.05, 3.63) is 29.1 Å². The molecule has 1 rings (SSSR count). The van der Waals surface area contributed by atoms with E-state index in [9.17, 15) is 9.59 Å². The normalized spacial score (nSPS) is 12.3. The van der Waals surface area contributed by atoms with Crippen LogP contribution in [0.25, 0.3) is 0 Å². The van der Waals surface area contributed by atoms with Gasteiger partial charge < -0.3 is 10.4 Å². The van der Waals surface area contributed by atoms with Crippen molar-refractivity contribution < 1.29 is 14.7 Å². The van der Waals surface area contributed by atoms with Gasteiger partial charge >= 0.3 is 5.97 Å². The van der Waals surface area contributed by atoms with Crippen LogP contribution in [-0.4, -0.2) is 28.0 Å². The third-order valence-corrected chi connectivity index (χ3v) is 2.91. The molecule has 0 aliphatic rings. The highest BCUT2D eigenvalue weighted by atomic mass is 16.4. The molecule has 18 heavy (non-hydrogen) atoms. The van der Waals surface area contributed by atoms with Crippen molar-refractivity contribution in [1.29, 1.82) is 0 Å². The third-order valence-electron chi connectivity index (χ3n) is 2.91. The molecule has 1 heterocycles. The number of rotatable bonds is 4. The first-order valence-corrected chi connectivity index (χ1v) is 5.84. The Balaban J connectivity index is 2.88. The standard InChI is InChI=1S/C13H18N2O3/c1-7(2)8(3)15-12(16)11-6-5-10(13(17)18)9(4)14-11/h5-8H,1-4H3,(H,15,16)(H,17,18). The Morgan fingerprint density at radius 3 is 2.33 bits per heavy atom. The van der Waals surface area contributed by atoms with E-state index in [0.717, 1.165) is 0 Å². The second-order valence-electron chi connectivity index (χ2n) is 4.64. The van der Waals surface area contributed by atoms with Crippen molar-refractivity contribution >= 4 is 11.9 Å². The molecule has 0 fully saturated rings. The number of carboxylic acid groups (broad SMARTS) is 1.